The third kappa shape index (κ3) is 3.80. The van der Waals surface area contributed by atoms with Gasteiger partial charge in [0, 0.05) is 31.4 Å². The molecule has 3 heteroatoms. The molecule has 0 radical (unpaired) electrons. The first kappa shape index (κ1) is 11.9. The van der Waals surface area contributed by atoms with Crippen LogP contribution in [-0.2, 0) is 0 Å². The van der Waals surface area contributed by atoms with Gasteiger partial charge in [-0.2, -0.15) is 0 Å². The highest BCUT2D eigenvalue weighted by Gasteiger charge is 2.07. The quantitative estimate of drug-likeness (QED) is 0.776. The van der Waals surface area contributed by atoms with Crippen LogP contribution in [0.15, 0.2) is 24.3 Å². The second-order valence-corrected chi connectivity index (χ2v) is 4.15. The van der Waals surface area contributed by atoms with Gasteiger partial charge in [0.2, 0.25) is 0 Å². The first-order valence-electron chi connectivity index (χ1n) is 5.37. The Morgan fingerprint density at radius 3 is 2.67 bits per heavy atom. The molecular weight excluding hydrogens is 188 g/mol. The summed E-state index contributed by atoms with van der Waals surface area (Å²) in [6.07, 6.45) is 0. The molecule has 0 aromatic heterocycles. The molecule has 0 aliphatic carbocycles. The van der Waals surface area contributed by atoms with E-state index in [9.17, 15) is 5.11 Å². The van der Waals surface area contributed by atoms with E-state index in [4.69, 9.17) is 5.73 Å². The van der Waals surface area contributed by atoms with Crippen LogP contribution >= 0.6 is 0 Å². The van der Waals surface area contributed by atoms with Crippen molar-refractivity contribution in [2.75, 3.05) is 24.5 Å². The molecule has 3 N–H and O–H groups in total. The molecule has 1 aromatic carbocycles. The van der Waals surface area contributed by atoms with Gasteiger partial charge < -0.3 is 15.7 Å². The van der Waals surface area contributed by atoms with Crippen LogP contribution < -0.4 is 10.6 Å². The van der Waals surface area contributed by atoms with E-state index >= 15 is 0 Å². The number of hydrogen-bond donors (Lipinski definition) is 2. The Balaban J connectivity index is 2.78. The summed E-state index contributed by atoms with van der Waals surface area (Å²) in [7, 11) is 0. The number of nitrogens with two attached hydrogens (primary N) is 1. The van der Waals surface area contributed by atoms with E-state index in [-0.39, 0.29) is 0 Å². The summed E-state index contributed by atoms with van der Waals surface area (Å²) < 4.78 is 0. The van der Waals surface area contributed by atoms with Gasteiger partial charge in [-0.15, -0.1) is 0 Å². The Labute approximate surface area is 91.5 Å². The molecular formula is C12H20N2O. The average Bonchev–Trinajstić information content (AvgIpc) is 2.16. The van der Waals surface area contributed by atoms with E-state index < -0.39 is 0 Å². The molecule has 84 valence electrons. The van der Waals surface area contributed by atoms with E-state index in [0.29, 0.717) is 18.2 Å². The van der Waals surface area contributed by atoms with Crippen molar-refractivity contribution in [3.63, 3.8) is 0 Å². The summed E-state index contributed by atoms with van der Waals surface area (Å²) >= 11 is 0. The van der Waals surface area contributed by atoms with Crippen molar-refractivity contribution < 1.29 is 5.11 Å². The minimum absolute atomic E-state index is 0.304. The number of hydrogen-bond acceptors (Lipinski definition) is 3. The zero-order valence-corrected chi connectivity index (χ0v) is 9.48. The summed E-state index contributed by atoms with van der Waals surface area (Å²) in [5.41, 5.74) is 6.61. The lowest BCUT2D eigenvalue weighted by Gasteiger charge is -2.26. The molecule has 0 saturated carbocycles. The Morgan fingerprint density at radius 1 is 1.40 bits per heavy atom. The molecule has 0 atom stereocenters. The highest BCUT2D eigenvalue weighted by molar-refractivity contribution is 5.50. The Morgan fingerprint density at radius 2 is 2.13 bits per heavy atom. The van der Waals surface area contributed by atoms with Crippen LogP contribution in [0.5, 0.6) is 5.75 Å². The predicted molar refractivity (Wildman–Crippen MR) is 64.2 cm³/mol. The largest absolute Gasteiger partial charge is 0.508 e. The second kappa shape index (κ2) is 5.61. The number of phenolic OH excluding ortho intramolecular Hbond substituents is 1. The van der Waals surface area contributed by atoms with Gasteiger partial charge in [-0.25, -0.2) is 0 Å². The smallest absolute Gasteiger partial charge is 0.117 e. The SMILES string of the molecule is CC(C)CN(CCN)c1cccc(O)c1. The van der Waals surface area contributed by atoms with Gasteiger partial charge in [-0.05, 0) is 18.1 Å². The molecule has 0 unspecified atom stereocenters. The van der Waals surface area contributed by atoms with E-state index in [0.717, 1.165) is 18.8 Å². The monoisotopic (exact) mass is 208 g/mol. The fourth-order valence-electron chi connectivity index (χ4n) is 1.61. The van der Waals surface area contributed by atoms with Crippen molar-refractivity contribution in [3.05, 3.63) is 24.3 Å². The van der Waals surface area contributed by atoms with Gasteiger partial charge in [0.15, 0.2) is 0 Å². The molecule has 0 amide bonds. The lowest BCUT2D eigenvalue weighted by atomic mass is 10.2. The molecule has 0 aliphatic heterocycles. The fourth-order valence-corrected chi connectivity index (χ4v) is 1.61. The number of phenols is 1. The molecule has 0 aliphatic rings. The molecule has 0 heterocycles. The van der Waals surface area contributed by atoms with E-state index in [2.05, 4.69) is 18.7 Å². The maximum atomic E-state index is 9.41. The molecule has 1 rings (SSSR count). The van der Waals surface area contributed by atoms with Gasteiger partial charge in [-0.3, -0.25) is 0 Å². The zero-order valence-electron chi connectivity index (χ0n) is 9.48. The molecule has 15 heavy (non-hydrogen) atoms. The van der Waals surface area contributed by atoms with Crippen molar-refractivity contribution >= 4 is 5.69 Å². The van der Waals surface area contributed by atoms with Crippen LogP contribution in [0.4, 0.5) is 5.69 Å². The maximum Gasteiger partial charge on any atom is 0.117 e. The molecule has 0 bridgehead atoms. The van der Waals surface area contributed by atoms with Gasteiger partial charge >= 0.3 is 0 Å². The molecule has 0 spiro atoms. The Bertz CT molecular complexity index is 299. The fraction of sp³-hybridized carbons (Fsp3) is 0.500. The number of nitrogens with zero attached hydrogens (tertiary/aromatic N) is 1. The number of aromatic hydroxyl groups is 1. The third-order valence-corrected chi connectivity index (χ3v) is 2.18. The van der Waals surface area contributed by atoms with Crippen LogP contribution in [0.3, 0.4) is 0 Å². The van der Waals surface area contributed by atoms with Crippen molar-refractivity contribution in [3.8, 4) is 5.75 Å². The van der Waals surface area contributed by atoms with Crippen molar-refractivity contribution in [1.29, 1.82) is 0 Å². The van der Waals surface area contributed by atoms with Crippen LogP contribution in [0, 0.1) is 5.92 Å². The molecule has 3 nitrogen and oxygen atoms in total. The summed E-state index contributed by atoms with van der Waals surface area (Å²) in [4.78, 5) is 2.20. The second-order valence-electron chi connectivity index (χ2n) is 4.15. The Kier molecular flexibility index (Phi) is 4.43. The molecule has 0 fully saturated rings. The summed E-state index contributed by atoms with van der Waals surface area (Å²) in [6, 6.07) is 7.31. The van der Waals surface area contributed by atoms with Crippen LogP contribution in [0.25, 0.3) is 0 Å². The van der Waals surface area contributed by atoms with E-state index in [1.807, 2.05) is 12.1 Å². The highest BCUT2D eigenvalue weighted by atomic mass is 16.3. The van der Waals surface area contributed by atoms with Crippen LogP contribution in [0.2, 0.25) is 0 Å². The van der Waals surface area contributed by atoms with Gasteiger partial charge in [0.1, 0.15) is 5.75 Å². The first-order chi connectivity index (χ1) is 7.13. The van der Waals surface area contributed by atoms with E-state index in [1.165, 1.54) is 0 Å². The lowest BCUT2D eigenvalue weighted by Crippen LogP contribution is -2.32. The minimum atomic E-state index is 0.304. The van der Waals surface area contributed by atoms with Crippen LogP contribution in [-0.4, -0.2) is 24.7 Å². The number of rotatable bonds is 5. The van der Waals surface area contributed by atoms with Gasteiger partial charge in [0.25, 0.3) is 0 Å². The van der Waals surface area contributed by atoms with Gasteiger partial charge in [0.05, 0.1) is 0 Å². The number of anilines is 1. The highest BCUT2D eigenvalue weighted by Crippen LogP contribution is 2.20. The summed E-state index contributed by atoms with van der Waals surface area (Å²) in [6.45, 7) is 6.75. The maximum absolute atomic E-state index is 9.41. The predicted octanol–water partition coefficient (Wildman–Crippen LogP) is 1.81. The lowest BCUT2D eigenvalue weighted by molar-refractivity contribution is 0.475. The summed E-state index contributed by atoms with van der Waals surface area (Å²) in [5.74, 6) is 0.886. The summed E-state index contributed by atoms with van der Waals surface area (Å²) in [5, 5.41) is 9.41. The standard InChI is InChI=1S/C12H20N2O/c1-10(2)9-14(7-6-13)11-4-3-5-12(15)8-11/h3-5,8,10,15H,6-7,9,13H2,1-2H3. The van der Waals surface area contributed by atoms with Gasteiger partial charge in [-0.1, -0.05) is 19.9 Å². The molecule has 0 saturated heterocycles. The minimum Gasteiger partial charge on any atom is -0.508 e. The normalized spacial score (nSPS) is 10.7. The van der Waals surface area contributed by atoms with Crippen LogP contribution in [0.1, 0.15) is 13.8 Å². The van der Waals surface area contributed by atoms with Crippen molar-refractivity contribution in [1.82, 2.24) is 0 Å². The van der Waals surface area contributed by atoms with Crippen molar-refractivity contribution in [2.24, 2.45) is 11.7 Å². The van der Waals surface area contributed by atoms with Crippen molar-refractivity contribution in [2.45, 2.75) is 13.8 Å². The Hall–Kier alpha value is -1.22. The number of benzene rings is 1. The first-order valence-corrected chi connectivity index (χ1v) is 5.37. The van der Waals surface area contributed by atoms with E-state index in [1.54, 1.807) is 12.1 Å². The third-order valence-electron chi connectivity index (χ3n) is 2.18. The molecule has 1 aromatic rings. The zero-order chi connectivity index (χ0) is 11.3. The topological polar surface area (TPSA) is 49.5 Å². The average molecular weight is 208 g/mol.